The monoisotopic (exact) mass is 338 g/mol. The molecular weight excluding hydrogens is 322 g/mol. The van der Waals surface area contributed by atoms with Crippen LogP contribution in [-0.4, -0.2) is 14.7 Å². The number of halogens is 2. The Hall–Kier alpha value is -2.22. The quantitative estimate of drug-likeness (QED) is 0.663. The summed E-state index contributed by atoms with van der Waals surface area (Å²) in [5.74, 6) is -1.49. The summed E-state index contributed by atoms with van der Waals surface area (Å²) in [5.41, 5.74) is 5.71. The number of nitrogen functional groups attached to an aromatic ring is 1. The Kier molecular flexibility index (Phi) is 5.49. The molecule has 3 N–H and O–H groups in total. The number of thioether (sulfide) groups is 1. The van der Waals surface area contributed by atoms with E-state index in [1.165, 1.54) is 28.8 Å². The second kappa shape index (κ2) is 7.36. The van der Waals surface area contributed by atoms with Gasteiger partial charge in [-0.25, -0.2) is 8.78 Å². The summed E-state index contributed by atoms with van der Waals surface area (Å²) in [4.78, 5) is 15.1. The Morgan fingerprint density at radius 3 is 2.65 bits per heavy atom. The molecule has 0 unspecified atom stereocenters. The lowest BCUT2D eigenvalue weighted by atomic mass is 10.2. The predicted molar refractivity (Wildman–Crippen MR) is 87.7 cm³/mol. The molecule has 0 radical (unpaired) electrons. The fraction of sp³-hybridized carbons (Fsp3) is 0.267. The average Bonchev–Trinajstić information content (AvgIpc) is 2.46. The highest BCUT2D eigenvalue weighted by molar-refractivity contribution is 8.13. The molecule has 0 aliphatic carbocycles. The van der Waals surface area contributed by atoms with E-state index in [1.807, 2.05) is 6.92 Å². The smallest absolute Gasteiger partial charge is 0.274 e. The molecule has 0 aliphatic heterocycles. The van der Waals surface area contributed by atoms with Gasteiger partial charge in [0.05, 0.1) is 0 Å². The van der Waals surface area contributed by atoms with Crippen molar-refractivity contribution >= 4 is 22.9 Å². The van der Waals surface area contributed by atoms with Gasteiger partial charge >= 0.3 is 0 Å². The summed E-state index contributed by atoms with van der Waals surface area (Å²) < 4.78 is 28.6. The molecule has 2 aromatic rings. The summed E-state index contributed by atoms with van der Waals surface area (Å²) in [7, 11) is 0. The minimum atomic E-state index is -0.662. The van der Waals surface area contributed by atoms with Crippen molar-refractivity contribution in [3.8, 4) is 0 Å². The summed E-state index contributed by atoms with van der Waals surface area (Å²) in [6.45, 7) is 1.93. The second-order valence-corrected chi connectivity index (χ2v) is 5.79. The van der Waals surface area contributed by atoms with Crippen LogP contribution in [0.3, 0.4) is 0 Å². The van der Waals surface area contributed by atoms with E-state index in [0.717, 1.165) is 18.2 Å². The first-order chi connectivity index (χ1) is 10.9. The molecule has 0 saturated heterocycles. The van der Waals surface area contributed by atoms with Gasteiger partial charge in [-0.1, -0.05) is 31.2 Å². The summed E-state index contributed by atoms with van der Waals surface area (Å²) in [6.07, 6.45) is 1.29. The molecule has 0 bridgehead atoms. The van der Waals surface area contributed by atoms with Crippen LogP contribution in [-0.2, 0) is 12.2 Å². The third-order valence-electron chi connectivity index (χ3n) is 3.16. The Labute approximate surface area is 136 Å². The topological polar surface area (TPSA) is 84.8 Å². The Morgan fingerprint density at radius 2 is 2.04 bits per heavy atom. The van der Waals surface area contributed by atoms with Crippen molar-refractivity contribution in [1.82, 2.24) is 9.55 Å². The molecule has 2 rings (SSSR count). The van der Waals surface area contributed by atoms with Gasteiger partial charge in [-0.3, -0.25) is 14.8 Å². The van der Waals surface area contributed by atoms with Crippen LogP contribution in [0, 0.1) is 17.0 Å². The van der Waals surface area contributed by atoms with Crippen molar-refractivity contribution in [1.29, 1.82) is 5.41 Å². The maximum Gasteiger partial charge on any atom is 0.274 e. The van der Waals surface area contributed by atoms with Crippen molar-refractivity contribution < 1.29 is 8.78 Å². The number of nitrogens with zero attached hydrogens (tertiary/aromatic N) is 2. The molecule has 0 amide bonds. The Morgan fingerprint density at radius 1 is 1.39 bits per heavy atom. The van der Waals surface area contributed by atoms with Crippen LogP contribution in [0.4, 0.5) is 14.7 Å². The number of hydrogen-bond acceptors (Lipinski definition) is 5. The molecule has 0 spiro atoms. The summed E-state index contributed by atoms with van der Waals surface area (Å²) in [6, 6.07) is 4.94. The number of rotatable bonds is 4. The van der Waals surface area contributed by atoms with Gasteiger partial charge in [-0.2, -0.15) is 4.98 Å². The van der Waals surface area contributed by atoms with Gasteiger partial charge in [0.25, 0.3) is 5.56 Å². The van der Waals surface area contributed by atoms with Gasteiger partial charge in [0.2, 0.25) is 5.95 Å². The van der Waals surface area contributed by atoms with E-state index in [-0.39, 0.29) is 22.4 Å². The highest BCUT2D eigenvalue weighted by Gasteiger charge is 2.14. The molecular formula is C15H16F2N4OS. The van der Waals surface area contributed by atoms with E-state index in [2.05, 4.69) is 4.98 Å². The molecule has 122 valence electrons. The molecule has 5 nitrogen and oxygen atoms in total. The second-order valence-electron chi connectivity index (χ2n) is 4.82. The summed E-state index contributed by atoms with van der Waals surface area (Å²) >= 11 is 0.915. The molecule has 1 aromatic heterocycles. The van der Waals surface area contributed by atoms with Gasteiger partial charge in [0.1, 0.15) is 11.6 Å². The van der Waals surface area contributed by atoms with Crippen LogP contribution < -0.4 is 11.3 Å². The van der Waals surface area contributed by atoms with E-state index in [4.69, 9.17) is 11.1 Å². The lowest BCUT2D eigenvalue weighted by molar-refractivity contribution is 0.566. The fourth-order valence-electron chi connectivity index (χ4n) is 2.10. The van der Waals surface area contributed by atoms with Crippen LogP contribution in [0.5, 0.6) is 0 Å². The van der Waals surface area contributed by atoms with E-state index >= 15 is 0 Å². The Bertz CT molecular complexity index is 771. The zero-order valence-corrected chi connectivity index (χ0v) is 13.3. The van der Waals surface area contributed by atoms with Crippen LogP contribution in [0.25, 0.3) is 0 Å². The van der Waals surface area contributed by atoms with Crippen molar-refractivity contribution in [2.24, 2.45) is 0 Å². The lowest BCUT2D eigenvalue weighted by Gasteiger charge is -2.15. The SMILES string of the molecule is CCCc1cc(=O)nc(N)n1C(=N)SCc1c(F)cccc1F. The molecule has 0 saturated carbocycles. The minimum absolute atomic E-state index is 0.0406. The molecule has 0 fully saturated rings. The fourth-order valence-corrected chi connectivity index (χ4v) is 3.00. The van der Waals surface area contributed by atoms with E-state index in [0.29, 0.717) is 12.1 Å². The van der Waals surface area contributed by atoms with E-state index in [9.17, 15) is 13.6 Å². The lowest BCUT2D eigenvalue weighted by Crippen LogP contribution is -2.23. The van der Waals surface area contributed by atoms with Gasteiger partial charge in [-0.15, -0.1) is 0 Å². The first kappa shape index (κ1) is 17.1. The van der Waals surface area contributed by atoms with Crippen LogP contribution in [0.2, 0.25) is 0 Å². The van der Waals surface area contributed by atoms with Crippen molar-refractivity contribution in [3.63, 3.8) is 0 Å². The minimum Gasteiger partial charge on any atom is -0.369 e. The number of benzene rings is 1. The third kappa shape index (κ3) is 3.95. The number of aromatic nitrogens is 2. The molecule has 0 atom stereocenters. The number of hydrogen-bond donors (Lipinski definition) is 2. The van der Waals surface area contributed by atoms with Crippen LogP contribution in [0.15, 0.2) is 29.1 Å². The van der Waals surface area contributed by atoms with Gasteiger partial charge in [0.15, 0.2) is 5.17 Å². The van der Waals surface area contributed by atoms with Crippen molar-refractivity contribution in [2.45, 2.75) is 25.5 Å². The van der Waals surface area contributed by atoms with Crippen LogP contribution >= 0.6 is 11.8 Å². The normalized spacial score (nSPS) is 10.7. The van der Waals surface area contributed by atoms with Crippen molar-refractivity contribution in [3.05, 3.63) is 57.5 Å². The largest absolute Gasteiger partial charge is 0.369 e. The average molecular weight is 338 g/mol. The van der Waals surface area contributed by atoms with Crippen LogP contribution in [0.1, 0.15) is 24.6 Å². The van der Waals surface area contributed by atoms with Crippen molar-refractivity contribution in [2.75, 3.05) is 5.73 Å². The first-order valence-corrected chi connectivity index (χ1v) is 7.95. The van der Waals surface area contributed by atoms with E-state index in [1.54, 1.807) is 0 Å². The molecule has 1 heterocycles. The highest BCUT2D eigenvalue weighted by atomic mass is 32.2. The van der Waals surface area contributed by atoms with Gasteiger partial charge in [0, 0.05) is 23.1 Å². The first-order valence-electron chi connectivity index (χ1n) is 6.97. The number of anilines is 1. The van der Waals surface area contributed by atoms with Gasteiger partial charge in [-0.05, 0) is 18.6 Å². The predicted octanol–water partition coefficient (Wildman–Crippen LogP) is 2.77. The summed E-state index contributed by atoms with van der Waals surface area (Å²) in [5, 5.41) is 8.07. The zero-order valence-electron chi connectivity index (χ0n) is 12.5. The highest BCUT2D eigenvalue weighted by Crippen LogP contribution is 2.21. The maximum absolute atomic E-state index is 13.6. The molecule has 1 aromatic carbocycles. The zero-order chi connectivity index (χ0) is 17.0. The molecule has 0 aliphatic rings. The number of nitrogens with one attached hydrogen (secondary N) is 1. The third-order valence-corrected chi connectivity index (χ3v) is 4.04. The standard InChI is InChI=1S/C15H16F2N4OS/c1-2-4-9-7-13(22)20-14(18)21(9)15(19)23-8-10-11(16)5-3-6-12(10)17/h3,5-7,19H,2,4,8H2,1H3,(H2,18,20,22). The Balaban J connectivity index is 2.26. The number of aryl methyl sites for hydroxylation is 1. The van der Waals surface area contributed by atoms with E-state index < -0.39 is 17.2 Å². The molecule has 8 heteroatoms. The number of nitrogens with two attached hydrogens (primary N) is 1. The van der Waals surface area contributed by atoms with Gasteiger partial charge < -0.3 is 5.73 Å². The molecule has 23 heavy (non-hydrogen) atoms. The maximum atomic E-state index is 13.6.